The molecule has 47 heavy (non-hydrogen) atoms. The third-order valence-electron chi connectivity index (χ3n) is 10.4. The fraction of sp³-hybridized carbons (Fsp3) is 0.400. The van der Waals surface area contributed by atoms with E-state index in [2.05, 4.69) is 26.1 Å². The molecule has 2 N–H and O–H groups in total. The van der Waals surface area contributed by atoms with Gasteiger partial charge in [-0.05, 0) is 61.9 Å². The highest BCUT2D eigenvalue weighted by molar-refractivity contribution is 6.03. The number of rotatable bonds is 6. The van der Waals surface area contributed by atoms with Gasteiger partial charge in [-0.3, -0.25) is 9.88 Å². The van der Waals surface area contributed by atoms with E-state index >= 15 is 4.39 Å². The number of fused-ring (bicyclic) bond motifs is 5. The van der Waals surface area contributed by atoms with Crippen LogP contribution in [0.1, 0.15) is 37.7 Å². The van der Waals surface area contributed by atoms with E-state index in [1.165, 1.54) is 36.5 Å². The minimum atomic E-state index is -0.955. The van der Waals surface area contributed by atoms with Crippen molar-refractivity contribution in [2.45, 2.75) is 55.4 Å². The first-order chi connectivity index (χ1) is 22.7. The molecule has 12 heteroatoms. The van der Waals surface area contributed by atoms with Crippen molar-refractivity contribution in [1.29, 1.82) is 0 Å². The largest absolute Gasteiger partial charge is 0.508 e. The smallest absolute Gasteiger partial charge is 0.319 e. The second kappa shape index (κ2) is 11.1. The molecule has 0 spiro atoms. The average molecular weight is 645 g/mol. The fourth-order valence-electron chi connectivity index (χ4n) is 8.30. The van der Waals surface area contributed by atoms with E-state index in [9.17, 15) is 18.3 Å². The van der Waals surface area contributed by atoms with E-state index < -0.39 is 28.9 Å². The molecule has 4 aromatic rings. The Kier molecular flexibility index (Phi) is 7.04. The van der Waals surface area contributed by atoms with Gasteiger partial charge < -0.3 is 20.1 Å². The summed E-state index contributed by atoms with van der Waals surface area (Å²) in [6, 6.07) is 5.33. The minimum Gasteiger partial charge on any atom is -0.508 e. The fourth-order valence-corrected chi connectivity index (χ4v) is 8.30. The molecular formula is C35H32F4N6O2. The van der Waals surface area contributed by atoms with Gasteiger partial charge in [-0.1, -0.05) is 12.0 Å². The number of nitrogens with zero attached hydrogens (tertiary/aromatic N) is 5. The van der Waals surface area contributed by atoms with Gasteiger partial charge >= 0.3 is 6.01 Å². The van der Waals surface area contributed by atoms with E-state index in [1.807, 2.05) is 4.90 Å². The molecular weight excluding hydrogens is 612 g/mol. The molecule has 2 aromatic carbocycles. The average Bonchev–Trinajstić information content (AvgIpc) is 3.68. The van der Waals surface area contributed by atoms with Crippen molar-refractivity contribution in [3.8, 4) is 35.4 Å². The Hall–Kier alpha value is -4.47. The summed E-state index contributed by atoms with van der Waals surface area (Å²) in [6.45, 7) is 2.16. The van der Waals surface area contributed by atoms with Crippen molar-refractivity contribution in [1.82, 2.24) is 25.2 Å². The summed E-state index contributed by atoms with van der Waals surface area (Å²) < 4.78 is 65.9. The SMILES string of the molecule is C#Cc1c(F)ccc2cc(O)cc(-c3ncc4c(N5C[C@@H]6CC[C@](/C=C/F)(C5)N6)nc(OC[C@@]56CCCN5C[C@H](F)C6)nc4c3F)c12. The first-order valence-corrected chi connectivity index (χ1v) is 15.8. The Bertz CT molecular complexity index is 2000. The predicted octanol–water partition coefficient (Wildman–Crippen LogP) is 5.56. The molecule has 0 saturated carbocycles. The van der Waals surface area contributed by atoms with Crippen LogP contribution in [0, 0.1) is 24.0 Å². The molecule has 0 unspecified atom stereocenters. The Labute approximate surface area is 268 Å². The number of pyridine rings is 1. The van der Waals surface area contributed by atoms with Gasteiger partial charge in [0.1, 0.15) is 41.4 Å². The zero-order valence-corrected chi connectivity index (χ0v) is 25.4. The zero-order valence-electron chi connectivity index (χ0n) is 25.4. The molecule has 4 fully saturated rings. The minimum absolute atomic E-state index is 0.0491. The number of hydrogen-bond acceptors (Lipinski definition) is 8. The number of ether oxygens (including phenoxy) is 1. The number of aromatic nitrogens is 3. The van der Waals surface area contributed by atoms with Crippen molar-refractivity contribution in [3.05, 3.63) is 60.1 Å². The predicted molar refractivity (Wildman–Crippen MR) is 170 cm³/mol. The van der Waals surface area contributed by atoms with Gasteiger partial charge in [0, 0.05) is 49.2 Å². The molecule has 4 atom stereocenters. The van der Waals surface area contributed by atoms with Crippen LogP contribution in [0.3, 0.4) is 0 Å². The number of benzene rings is 2. The molecule has 8 nitrogen and oxygen atoms in total. The Morgan fingerprint density at radius 1 is 1.19 bits per heavy atom. The number of anilines is 1. The molecule has 2 aromatic heterocycles. The second-order valence-corrected chi connectivity index (χ2v) is 13.2. The molecule has 242 valence electrons. The molecule has 4 aliphatic heterocycles. The summed E-state index contributed by atoms with van der Waals surface area (Å²) >= 11 is 0. The third-order valence-corrected chi connectivity index (χ3v) is 10.4. The first kappa shape index (κ1) is 29.9. The van der Waals surface area contributed by atoms with Crippen LogP contribution < -0.4 is 15.0 Å². The highest BCUT2D eigenvalue weighted by Crippen LogP contribution is 2.42. The summed E-state index contributed by atoms with van der Waals surface area (Å²) in [6.07, 6.45) is 11.8. The van der Waals surface area contributed by atoms with E-state index in [0.717, 1.165) is 32.2 Å². The van der Waals surface area contributed by atoms with Crippen molar-refractivity contribution in [2.24, 2.45) is 0 Å². The lowest BCUT2D eigenvalue weighted by Crippen LogP contribution is -2.59. The maximum absolute atomic E-state index is 16.9. The maximum Gasteiger partial charge on any atom is 0.319 e. The number of phenolic OH excluding ortho intramolecular Hbond substituents is 1. The molecule has 0 amide bonds. The molecule has 6 heterocycles. The molecule has 4 saturated heterocycles. The Morgan fingerprint density at radius 2 is 2.06 bits per heavy atom. The van der Waals surface area contributed by atoms with Crippen LogP contribution in [0.2, 0.25) is 0 Å². The topological polar surface area (TPSA) is 86.6 Å². The quantitative estimate of drug-likeness (QED) is 0.209. The third kappa shape index (κ3) is 4.86. The number of phenols is 1. The van der Waals surface area contributed by atoms with E-state index in [4.69, 9.17) is 16.1 Å². The standard InChI is InChI=1S/C35H32F4N6O2/c1-2-24-27(38)5-4-20-12-23(46)13-25(28(20)24)30-29(39)31-26(15-40-30)32(44-17-22-6-8-34(18-44,43-22)9-10-36)42-33(41-31)47-19-35-7-3-11-45(35)16-21(37)14-35/h1,4-5,9-10,12-13,15,21-22,43,46H,3,6-8,11,14,16-19H2/b10-9+/t21-,22+,34+,35+/m1/s1. The van der Waals surface area contributed by atoms with Gasteiger partial charge in [0.15, 0.2) is 5.82 Å². The van der Waals surface area contributed by atoms with Crippen LogP contribution in [0.25, 0.3) is 32.9 Å². The lowest BCUT2D eigenvalue weighted by atomic mass is 9.95. The lowest BCUT2D eigenvalue weighted by molar-refractivity contribution is 0.107. The molecule has 8 rings (SSSR count). The summed E-state index contributed by atoms with van der Waals surface area (Å²) in [4.78, 5) is 17.8. The number of nitrogens with one attached hydrogen (secondary N) is 1. The van der Waals surface area contributed by atoms with Crippen LogP contribution in [0.5, 0.6) is 11.8 Å². The Morgan fingerprint density at radius 3 is 2.89 bits per heavy atom. The van der Waals surface area contributed by atoms with Crippen LogP contribution >= 0.6 is 0 Å². The van der Waals surface area contributed by atoms with E-state index in [-0.39, 0.29) is 52.1 Å². The van der Waals surface area contributed by atoms with Crippen LogP contribution in [0.15, 0.2) is 42.9 Å². The van der Waals surface area contributed by atoms with E-state index in [1.54, 1.807) is 0 Å². The summed E-state index contributed by atoms with van der Waals surface area (Å²) in [7, 11) is 0. The van der Waals surface area contributed by atoms with Crippen LogP contribution in [0.4, 0.5) is 23.4 Å². The maximum atomic E-state index is 16.9. The number of hydrogen-bond donors (Lipinski definition) is 2. The number of alkyl halides is 1. The van der Waals surface area contributed by atoms with Gasteiger partial charge in [0.2, 0.25) is 0 Å². The molecule has 0 aliphatic carbocycles. The van der Waals surface area contributed by atoms with Crippen molar-refractivity contribution >= 4 is 27.5 Å². The molecule has 2 bridgehead atoms. The highest BCUT2D eigenvalue weighted by Gasteiger charge is 2.49. The van der Waals surface area contributed by atoms with Gasteiger partial charge in [-0.2, -0.15) is 9.97 Å². The van der Waals surface area contributed by atoms with Gasteiger partial charge in [0.05, 0.1) is 28.4 Å². The number of halogens is 4. The zero-order chi connectivity index (χ0) is 32.5. The van der Waals surface area contributed by atoms with Crippen LogP contribution in [-0.2, 0) is 0 Å². The van der Waals surface area contributed by atoms with Crippen molar-refractivity contribution < 1.29 is 27.4 Å². The van der Waals surface area contributed by atoms with Gasteiger partial charge in [0.25, 0.3) is 0 Å². The number of aromatic hydroxyl groups is 1. The summed E-state index contributed by atoms with van der Waals surface area (Å²) in [5.41, 5.74) is -1.38. The van der Waals surface area contributed by atoms with Gasteiger partial charge in [-0.25, -0.2) is 17.6 Å². The number of terminal acetylenes is 1. The Balaban J connectivity index is 1.28. The van der Waals surface area contributed by atoms with Crippen LogP contribution in [-0.4, -0.2) is 81.0 Å². The summed E-state index contributed by atoms with van der Waals surface area (Å²) in [5.74, 6) is 1.04. The molecule has 4 aliphatic rings. The van der Waals surface area contributed by atoms with E-state index in [0.29, 0.717) is 49.0 Å². The first-order valence-electron chi connectivity index (χ1n) is 15.8. The summed E-state index contributed by atoms with van der Waals surface area (Å²) in [5, 5.41) is 15.0. The van der Waals surface area contributed by atoms with Crippen molar-refractivity contribution in [3.63, 3.8) is 0 Å². The number of piperazine rings is 1. The monoisotopic (exact) mass is 644 g/mol. The lowest BCUT2D eigenvalue weighted by Gasteiger charge is -2.40. The molecule has 0 radical (unpaired) electrons. The van der Waals surface area contributed by atoms with Gasteiger partial charge in [-0.15, -0.1) is 6.42 Å². The highest BCUT2D eigenvalue weighted by atomic mass is 19.1. The van der Waals surface area contributed by atoms with Crippen molar-refractivity contribution in [2.75, 3.05) is 37.7 Å². The second-order valence-electron chi connectivity index (χ2n) is 13.2. The normalized spacial score (nSPS) is 27.3.